The van der Waals surface area contributed by atoms with Gasteiger partial charge in [-0.05, 0) is 41.5 Å². The van der Waals surface area contributed by atoms with E-state index in [1.165, 1.54) is 0 Å². The van der Waals surface area contributed by atoms with E-state index in [1.54, 1.807) is 41.5 Å². The highest BCUT2D eigenvalue weighted by atomic mass is 16.6. The lowest BCUT2D eigenvalue weighted by Crippen LogP contribution is -2.53. The number of methoxy groups -OCH3 is 1. The first-order valence-electron chi connectivity index (χ1n) is 6.76. The topological polar surface area (TPSA) is 102 Å². The van der Waals surface area contributed by atoms with Crippen LogP contribution in [0.4, 0.5) is 9.59 Å². The highest BCUT2D eigenvalue weighted by Crippen LogP contribution is 2.17. The molecule has 22 heavy (non-hydrogen) atoms. The Kier molecular flexibility index (Phi) is 6.82. The Balaban J connectivity index is 5.51. The van der Waals surface area contributed by atoms with Crippen molar-refractivity contribution in [1.29, 1.82) is 0 Å². The number of ether oxygens (including phenoxy) is 3. The van der Waals surface area contributed by atoms with Crippen molar-refractivity contribution < 1.29 is 33.7 Å². The molecule has 0 aromatic carbocycles. The van der Waals surface area contributed by atoms with E-state index < -0.39 is 42.0 Å². The molecule has 0 radical (unpaired) electrons. The van der Waals surface area contributed by atoms with E-state index in [0.29, 0.717) is 4.90 Å². The summed E-state index contributed by atoms with van der Waals surface area (Å²) in [5, 5.41) is 9.33. The third-order valence-electron chi connectivity index (χ3n) is 2.14. The lowest BCUT2D eigenvalue weighted by Gasteiger charge is -2.31. The van der Waals surface area contributed by atoms with Crippen LogP contribution < -0.4 is 0 Å². The molecule has 8 heteroatoms. The summed E-state index contributed by atoms with van der Waals surface area (Å²) in [5.74, 6) is -0.959. The minimum atomic E-state index is -1.55. The number of nitrogens with zero attached hydrogens (tertiary/aromatic N) is 1. The normalized spacial score (nSPS) is 13.1. The van der Waals surface area contributed by atoms with Gasteiger partial charge in [0.05, 0.1) is 13.7 Å². The second kappa shape index (κ2) is 7.44. The Morgan fingerprint density at radius 3 is 1.55 bits per heavy atom. The van der Waals surface area contributed by atoms with Crippen molar-refractivity contribution in [3.05, 3.63) is 0 Å². The molecule has 0 aromatic rings. The molecule has 0 fully saturated rings. The van der Waals surface area contributed by atoms with Gasteiger partial charge in [-0.25, -0.2) is 14.4 Å². The molecule has 0 saturated carbocycles. The standard InChI is InChI=1S/C14H25NO7/c1-13(2,3)21-11(18)15(9(8-16)10(17)20-7)12(19)22-14(4,5)6/h9,16H,8H2,1-7H3/t9-/m0/s1. The van der Waals surface area contributed by atoms with Gasteiger partial charge in [0.1, 0.15) is 11.2 Å². The molecule has 0 unspecified atom stereocenters. The minimum Gasteiger partial charge on any atom is -0.467 e. The summed E-state index contributed by atoms with van der Waals surface area (Å²) in [6, 6.07) is -1.55. The van der Waals surface area contributed by atoms with Gasteiger partial charge in [-0.15, -0.1) is 0 Å². The summed E-state index contributed by atoms with van der Waals surface area (Å²) < 4.78 is 14.6. The number of imide groups is 1. The van der Waals surface area contributed by atoms with Crippen molar-refractivity contribution >= 4 is 18.2 Å². The third-order valence-corrected chi connectivity index (χ3v) is 2.14. The Morgan fingerprint density at radius 1 is 0.955 bits per heavy atom. The molecule has 0 aliphatic heterocycles. The first-order valence-corrected chi connectivity index (χ1v) is 6.76. The quantitative estimate of drug-likeness (QED) is 0.623. The molecule has 8 nitrogen and oxygen atoms in total. The second-order valence-corrected chi connectivity index (χ2v) is 6.55. The zero-order valence-corrected chi connectivity index (χ0v) is 14.1. The molecule has 1 atom stereocenters. The van der Waals surface area contributed by atoms with E-state index >= 15 is 0 Å². The van der Waals surface area contributed by atoms with E-state index in [4.69, 9.17) is 9.47 Å². The number of hydrogen-bond acceptors (Lipinski definition) is 7. The molecule has 0 spiro atoms. The van der Waals surface area contributed by atoms with Crippen LogP contribution in [0, 0.1) is 0 Å². The maximum absolute atomic E-state index is 12.2. The minimum absolute atomic E-state index is 0.419. The molecule has 128 valence electrons. The zero-order chi connectivity index (χ0) is 17.7. The van der Waals surface area contributed by atoms with Crippen LogP contribution in [0.1, 0.15) is 41.5 Å². The van der Waals surface area contributed by atoms with Crippen LogP contribution in [0.2, 0.25) is 0 Å². The van der Waals surface area contributed by atoms with E-state index in [-0.39, 0.29) is 0 Å². The van der Waals surface area contributed by atoms with Gasteiger partial charge in [-0.1, -0.05) is 0 Å². The Morgan fingerprint density at radius 2 is 1.32 bits per heavy atom. The van der Waals surface area contributed by atoms with Crippen LogP contribution in [0.5, 0.6) is 0 Å². The van der Waals surface area contributed by atoms with Gasteiger partial charge in [-0.3, -0.25) is 0 Å². The molecule has 2 amide bonds. The lowest BCUT2D eigenvalue weighted by atomic mass is 10.2. The van der Waals surface area contributed by atoms with Gasteiger partial charge < -0.3 is 19.3 Å². The number of hydrogen-bond donors (Lipinski definition) is 1. The van der Waals surface area contributed by atoms with Crippen molar-refractivity contribution in [2.24, 2.45) is 0 Å². The smallest absolute Gasteiger partial charge is 0.420 e. The van der Waals surface area contributed by atoms with Crippen LogP contribution >= 0.6 is 0 Å². The second-order valence-electron chi connectivity index (χ2n) is 6.55. The number of amides is 2. The Hall–Kier alpha value is -1.83. The average Bonchev–Trinajstić information content (AvgIpc) is 2.29. The first kappa shape index (κ1) is 20.2. The summed E-state index contributed by atoms with van der Waals surface area (Å²) in [6.07, 6.45) is -2.21. The molecule has 0 heterocycles. The number of aliphatic hydroxyl groups excluding tert-OH is 1. The van der Waals surface area contributed by atoms with Crippen molar-refractivity contribution in [2.45, 2.75) is 58.8 Å². The average molecular weight is 319 g/mol. The van der Waals surface area contributed by atoms with E-state index in [2.05, 4.69) is 4.74 Å². The van der Waals surface area contributed by atoms with Gasteiger partial charge in [0.2, 0.25) is 0 Å². The van der Waals surface area contributed by atoms with Crippen LogP contribution in [0.15, 0.2) is 0 Å². The van der Waals surface area contributed by atoms with Crippen molar-refractivity contribution in [3.8, 4) is 0 Å². The fraction of sp³-hybridized carbons (Fsp3) is 0.786. The molecule has 0 saturated heterocycles. The summed E-state index contributed by atoms with van der Waals surface area (Å²) in [6.45, 7) is 8.79. The Bertz CT molecular complexity index is 392. The number of carbonyl (C=O) groups excluding carboxylic acids is 3. The van der Waals surface area contributed by atoms with Gasteiger partial charge in [0, 0.05) is 0 Å². The van der Waals surface area contributed by atoms with Gasteiger partial charge in [0.15, 0.2) is 6.04 Å². The molecule has 0 bridgehead atoms. The van der Waals surface area contributed by atoms with Crippen LogP contribution in [0.3, 0.4) is 0 Å². The zero-order valence-electron chi connectivity index (χ0n) is 14.1. The maximum Gasteiger partial charge on any atom is 0.420 e. The number of esters is 1. The molecule has 0 aliphatic rings. The monoisotopic (exact) mass is 319 g/mol. The molecule has 0 rings (SSSR count). The summed E-state index contributed by atoms with van der Waals surface area (Å²) in [5.41, 5.74) is -1.79. The molecule has 0 aromatic heterocycles. The van der Waals surface area contributed by atoms with Gasteiger partial charge >= 0.3 is 18.2 Å². The van der Waals surface area contributed by atoms with Crippen molar-refractivity contribution in [1.82, 2.24) is 4.90 Å². The van der Waals surface area contributed by atoms with E-state index in [1.807, 2.05) is 0 Å². The summed E-state index contributed by atoms with van der Waals surface area (Å²) in [4.78, 5) is 36.5. The molecular weight excluding hydrogens is 294 g/mol. The number of carbonyl (C=O) groups is 3. The van der Waals surface area contributed by atoms with Crippen molar-refractivity contribution in [3.63, 3.8) is 0 Å². The van der Waals surface area contributed by atoms with Gasteiger partial charge in [0.25, 0.3) is 0 Å². The maximum atomic E-state index is 12.2. The predicted molar refractivity (Wildman–Crippen MR) is 77.2 cm³/mol. The highest BCUT2D eigenvalue weighted by Gasteiger charge is 2.40. The largest absolute Gasteiger partial charge is 0.467 e. The van der Waals surface area contributed by atoms with Crippen LogP contribution in [-0.2, 0) is 19.0 Å². The third kappa shape index (κ3) is 6.75. The van der Waals surface area contributed by atoms with E-state index in [0.717, 1.165) is 7.11 Å². The fourth-order valence-electron chi connectivity index (χ4n) is 1.35. The fourth-order valence-corrected chi connectivity index (χ4v) is 1.35. The lowest BCUT2D eigenvalue weighted by molar-refractivity contribution is -0.148. The first-order chi connectivity index (χ1) is 9.82. The molecule has 0 aliphatic carbocycles. The number of rotatable bonds is 3. The number of aliphatic hydroxyl groups is 1. The Labute approximate surface area is 130 Å². The van der Waals surface area contributed by atoms with E-state index in [9.17, 15) is 19.5 Å². The predicted octanol–water partition coefficient (Wildman–Crippen LogP) is 1.69. The van der Waals surface area contributed by atoms with Gasteiger partial charge in [-0.2, -0.15) is 4.90 Å². The summed E-state index contributed by atoms with van der Waals surface area (Å²) in [7, 11) is 1.08. The van der Waals surface area contributed by atoms with Crippen LogP contribution in [-0.4, -0.2) is 59.1 Å². The highest BCUT2D eigenvalue weighted by molar-refractivity contribution is 5.94. The summed E-state index contributed by atoms with van der Waals surface area (Å²) >= 11 is 0. The molecule has 1 N–H and O–H groups in total. The molecular formula is C14H25NO7. The SMILES string of the molecule is COC(=O)[C@H](CO)N(C(=O)OC(C)(C)C)C(=O)OC(C)(C)C. The van der Waals surface area contributed by atoms with Crippen molar-refractivity contribution in [2.75, 3.05) is 13.7 Å². The van der Waals surface area contributed by atoms with Crippen LogP contribution in [0.25, 0.3) is 0 Å².